The first-order valence-electron chi connectivity index (χ1n) is 5.04. The lowest BCUT2D eigenvalue weighted by atomic mass is 9.94. The average molecular weight is 206 g/mol. The third-order valence-electron chi connectivity index (χ3n) is 2.65. The number of anilines is 1. The van der Waals surface area contributed by atoms with Crippen molar-refractivity contribution in [1.82, 2.24) is 5.32 Å². The zero-order valence-corrected chi connectivity index (χ0v) is 8.36. The summed E-state index contributed by atoms with van der Waals surface area (Å²) in [6.07, 6.45) is -0.0161. The van der Waals surface area contributed by atoms with E-state index in [2.05, 4.69) is 22.8 Å². The van der Waals surface area contributed by atoms with E-state index < -0.39 is 6.09 Å². The van der Waals surface area contributed by atoms with E-state index in [1.54, 1.807) is 0 Å². The fourth-order valence-electron chi connectivity index (χ4n) is 1.88. The van der Waals surface area contributed by atoms with Crippen LogP contribution in [0.5, 0.6) is 0 Å². The molecule has 0 spiro atoms. The molecule has 4 heteroatoms. The number of carboxylic acid groups (broad SMARTS) is 1. The minimum atomic E-state index is -0.950. The van der Waals surface area contributed by atoms with Crippen LogP contribution in [0.15, 0.2) is 24.3 Å². The van der Waals surface area contributed by atoms with E-state index in [0.717, 1.165) is 13.0 Å². The van der Waals surface area contributed by atoms with E-state index in [0.29, 0.717) is 12.5 Å². The molecule has 1 aliphatic rings. The van der Waals surface area contributed by atoms with Gasteiger partial charge in [0.05, 0.1) is 0 Å². The van der Waals surface area contributed by atoms with Crippen molar-refractivity contribution >= 4 is 11.8 Å². The van der Waals surface area contributed by atoms with Crippen LogP contribution >= 0.6 is 0 Å². The van der Waals surface area contributed by atoms with Gasteiger partial charge in [0, 0.05) is 18.8 Å². The quantitative estimate of drug-likeness (QED) is 0.687. The molecule has 1 aromatic rings. The summed E-state index contributed by atoms with van der Waals surface area (Å²) in [5, 5.41) is 14.2. The van der Waals surface area contributed by atoms with Gasteiger partial charge in [0.2, 0.25) is 0 Å². The summed E-state index contributed by atoms with van der Waals surface area (Å²) in [5.41, 5.74) is 2.44. The van der Waals surface area contributed by atoms with Crippen LogP contribution < -0.4 is 10.6 Å². The van der Waals surface area contributed by atoms with E-state index in [4.69, 9.17) is 5.11 Å². The summed E-state index contributed by atoms with van der Waals surface area (Å²) in [5.74, 6) is 0.344. The van der Waals surface area contributed by atoms with Crippen LogP contribution in [0.1, 0.15) is 5.56 Å². The smallest absolute Gasteiger partial charge is 0.404 e. The van der Waals surface area contributed by atoms with Crippen molar-refractivity contribution in [3.63, 3.8) is 0 Å². The Labute approximate surface area is 88.3 Å². The summed E-state index contributed by atoms with van der Waals surface area (Å²) in [7, 11) is 0. The lowest BCUT2D eigenvalue weighted by Gasteiger charge is -2.25. The lowest BCUT2D eigenvalue weighted by Crippen LogP contribution is -2.34. The highest BCUT2D eigenvalue weighted by atomic mass is 16.4. The number of nitrogens with one attached hydrogen (secondary N) is 2. The van der Waals surface area contributed by atoms with Gasteiger partial charge in [-0.25, -0.2) is 4.79 Å². The van der Waals surface area contributed by atoms with E-state index >= 15 is 0 Å². The molecule has 1 atom stereocenters. The van der Waals surface area contributed by atoms with Gasteiger partial charge in [-0.05, 0) is 24.0 Å². The molecule has 0 bridgehead atoms. The van der Waals surface area contributed by atoms with Crippen LogP contribution in [0.25, 0.3) is 0 Å². The first-order chi connectivity index (χ1) is 7.25. The van der Waals surface area contributed by atoms with Crippen molar-refractivity contribution < 1.29 is 9.90 Å². The molecule has 0 fully saturated rings. The maximum atomic E-state index is 10.4. The van der Waals surface area contributed by atoms with E-state index in [1.807, 2.05) is 12.1 Å². The number of fused-ring (bicyclic) bond motifs is 1. The topological polar surface area (TPSA) is 61.4 Å². The molecule has 0 radical (unpaired) electrons. The lowest BCUT2D eigenvalue weighted by molar-refractivity contribution is 0.192. The number of amides is 1. The molecule has 1 unspecified atom stereocenters. The second-order valence-electron chi connectivity index (χ2n) is 3.79. The molecule has 80 valence electrons. The molecule has 0 aromatic heterocycles. The van der Waals surface area contributed by atoms with Crippen molar-refractivity contribution in [2.45, 2.75) is 6.42 Å². The van der Waals surface area contributed by atoms with Gasteiger partial charge in [-0.3, -0.25) is 0 Å². The second-order valence-corrected chi connectivity index (χ2v) is 3.79. The number of carbonyl (C=O) groups is 1. The standard InChI is InChI=1S/C11H14N2O2/c14-11(15)13-7-8-5-9-3-1-2-4-10(9)12-6-8/h1-4,8,12-13H,5-7H2,(H,14,15). The molecule has 15 heavy (non-hydrogen) atoms. The molecular formula is C11H14N2O2. The Balaban J connectivity index is 1.96. The predicted molar refractivity (Wildman–Crippen MR) is 58.2 cm³/mol. The van der Waals surface area contributed by atoms with Gasteiger partial charge in [-0.2, -0.15) is 0 Å². The minimum Gasteiger partial charge on any atom is -0.465 e. The van der Waals surface area contributed by atoms with Crippen LogP contribution in [0, 0.1) is 5.92 Å². The molecule has 4 nitrogen and oxygen atoms in total. The van der Waals surface area contributed by atoms with Gasteiger partial charge in [0.25, 0.3) is 0 Å². The third-order valence-corrected chi connectivity index (χ3v) is 2.65. The molecule has 2 rings (SSSR count). The number of hydrogen-bond acceptors (Lipinski definition) is 2. The fraction of sp³-hybridized carbons (Fsp3) is 0.364. The number of benzene rings is 1. The first kappa shape index (κ1) is 9.83. The minimum absolute atomic E-state index is 0.344. The largest absolute Gasteiger partial charge is 0.465 e. The molecule has 0 saturated heterocycles. The summed E-state index contributed by atoms with van der Waals surface area (Å²) >= 11 is 0. The predicted octanol–water partition coefficient (Wildman–Crippen LogP) is 1.54. The maximum absolute atomic E-state index is 10.4. The van der Waals surface area contributed by atoms with Gasteiger partial charge >= 0.3 is 6.09 Å². The number of rotatable bonds is 2. The Hall–Kier alpha value is -1.71. The third kappa shape index (κ3) is 2.40. The van der Waals surface area contributed by atoms with Crippen molar-refractivity contribution in [3.05, 3.63) is 29.8 Å². The highest BCUT2D eigenvalue weighted by Gasteiger charge is 2.17. The van der Waals surface area contributed by atoms with Gasteiger partial charge in [0.15, 0.2) is 0 Å². The highest BCUT2D eigenvalue weighted by Crippen LogP contribution is 2.23. The number of hydrogen-bond donors (Lipinski definition) is 3. The van der Waals surface area contributed by atoms with E-state index in [9.17, 15) is 4.79 Å². The average Bonchev–Trinajstić information content (AvgIpc) is 2.26. The Kier molecular flexibility index (Phi) is 2.76. The summed E-state index contributed by atoms with van der Waals surface area (Å²) < 4.78 is 0. The van der Waals surface area contributed by atoms with E-state index in [-0.39, 0.29) is 0 Å². The van der Waals surface area contributed by atoms with Crippen molar-refractivity contribution in [2.24, 2.45) is 5.92 Å². The molecule has 3 N–H and O–H groups in total. The van der Waals surface area contributed by atoms with Gasteiger partial charge in [0.1, 0.15) is 0 Å². The van der Waals surface area contributed by atoms with Crippen LogP contribution in [0.4, 0.5) is 10.5 Å². The normalized spacial score (nSPS) is 18.8. The zero-order valence-electron chi connectivity index (χ0n) is 8.36. The van der Waals surface area contributed by atoms with Gasteiger partial charge in [-0.1, -0.05) is 18.2 Å². The number of para-hydroxylation sites is 1. The Morgan fingerprint density at radius 1 is 1.53 bits per heavy atom. The van der Waals surface area contributed by atoms with Crippen molar-refractivity contribution in [1.29, 1.82) is 0 Å². The van der Waals surface area contributed by atoms with Crippen molar-refractivity contribution in [3.8, 4) is 0 Å². The zero-order chi connectivity index (χ0) is 10.7. The molecule has 1 aromatic carbocycles. The molecule has 1 amide bonds. The SMILES string of the molecule is O=C(O)NCC1CNc2ccccc2C1. The summed E-state index contributed by atoms with van der Waals surface area (Å²) in [6.45, 7) is 1.34. The summed E-state index contributed by atoms with van der Waals surface area (Å²) in [6, 6.07) is 8.14. The van der Waals surface area contributed by atoms with Gasteiger partial charge < -0.3 is 15.7 Å². The monoisotopic (exact) mass is 206 g/mol. The maximum Gasteiger partial charge on any atom is 0.404 e. The van der Waals surface area contributed by atoms with Crippen LogP contribution in [0.3, 0.4) is 0 Å². The van der Waals surface area contributed by atoms with Crippen LogP contribution in [-0.4, -0.2) is 24.3 Å². The van der Waals surface area contributed by atoms with Crippen LogP contribution in [-0.2, 0) is 6.42 Å². The molecule has 0 aliphatic carbocycles. The Morgan fingerprint density at radius 2 is 2.33 bits per heavy atom. The molecular weight excluding hydrogens is 192 g/mol. The first-order valence-corrected chi connectivity index (χ1v) is 5.04. The molecule has 1 heterocycles. The Bertz CT molecular complexity index is 365. The summed E-state index contributed by atoms with van der Waals surface area (Å²) in [4.78, 5) is 10.4. The van der Waals surface area contributed by atoms with Gasteiger partial charge in [-0.15, -0.1) is 0 Å². The molecule has 1 aliphatic heterocycles. The van der Waals surface area contributed by atoms with E-state index in [1.165, 1.54) is 11.3 Å². The van der Waals surface area contributed by atoms with Crippen LogP contribution in [0.2, 0.25) is 0 Å². The Morgan fingerprint density at radius 3 is 3.13 bits per heavy atom. The molecule has 0 saturated carbocycles. The fourth-order valence-corrected chi connectivity index (χ4v) is 1.88. The van der Waals surface area contributed by atoms with Crippen molar-refractivity contribution in [2.75, 3.05) is 18.4 Å². The highest BCUT2D eigenvalue weighted by molar-refractivity contribution is 5.64. The second kappa shape index (κ2) is 4.21.